The summed E-state index contributed by atoms with van der Waals surface area (Å²) in [5, 5.41) is 10.3. The fraction of sp³-hybridized carbons (Fsp3) is 0.500. The van der Waals surface area contributed by atoms with E-state index in [-0.39, 0.29) is 4.00 Å². The molecule has 1 radical (unpaired) electrons. The highest BCUT2D eigenvalue weighted by Gasteiger charge is 2.19. The number of quaternary nitrogens is 1. The zero-order chi connectivity index (χ0) is 5.33. The molecule has 0 fully saturated rings. The van der Waals surface area contributed by atoms with Crippen LogP contribution in [0.5, 0.6) is 0 Å². The molecule has 0 aromatic carbocycles. The summed E-state index contributed by atoms with van der Waals surface area (Å²) in [4.78, 5) is 0. The van der Waals surface area contributed by atoms with Gasteiger partial charge in [0.05, 0.1) is 5.22 Å². The molecule has 0 saturated carbocycles. The fourth-order valence-corrected chi connectivity index (χ4v) is 0.319. The van der Waals surface area contributed by atoms with Gasteiger partial charge in [0.2, 0.25) is 0 Å². The van der Waals surface area contributed by atoms with E-state index in [4.69, 9.17) is 12.8 Å². The van der Waals surface area contributed by atoms with Crippen molar-refractivity contribution >= 4 is 19.2 Å². The van der Waals surface area contributed by atoms with Crippen LogP contribution in [0.2, 0.25) is 0 Å². The molecule has 0 amide bonds. The van der Waals surface area contributed by atoms with Crippen molar-refractivity contribution in [2.45, 2.75) is 0 Å². The predicted molar refractivity (Wildman–Crippen MR) is 27.1 cm³/mol. The molecule has 7 heavy (non-hydrogen) atoms. The Balaban J connectivity index is 2.77. The van der Waals surface area contributed by atoms with Gasteiger partial charge in [0.15, 0.2) is 0 Å². The van der Waals surface area contributed by atoms with Crippen molar-refractivity contribution in [3.05, 3.63) is 0 Å². The molecule has 0 aromatic heterocycles. The zero-order valence-electron chi connectivity index (χ0n) is 3.77. The highest BCUT2D eigenvalue weighted by atomic mass is 32.1. The minimum atomic E-state index is 0. The Labute approximate surface area is 46.6 Å². The van der Waals surface area contributed by atoms with E-state index < -0.39 is 0 Å². The average Bonchev–Trinajstić information content (AvgIpc) is 1.84. The summed E-state index contributed by atoms with van der Waals surface area (Å²) in [6.45, 7) is 0. The third-order valence-electron chi connectivity index (χ3n) is 0.535. The second-order valence-electron chi connectivity index (χ2n) is 1.35. The predicted octanol–water partition coefficient (Wildman–Crippen LogP) is 0.870. The van der Waals surface area contributed by atoms with Crippen molar-refractivity contribution < 1.29 is 4.00 Å². The lowest BCUT2D eigenvalue weighted by atomic mass is 11.1. The second kappa shape index (κ2) is 1.28. The number of hydrogen-bond acceptors (Lipinski definition) is 3. The Morgan fingerprint density at radius 3 is 2.57 bits per heavy atom. The topological polar surface area (TPSA) is 37.1 Å². The SMILES string of the molecule is C[N+]1([S])C=NN=N1. The molecule has 1 aliphatic rings. The van der Waals surface area contributed by atoms with Crippen molar-refractivity contribution in [3.8, 4) is 0 Å². The van der Waals surface area contributed by atoms with Crippen molar-refractivity contribution in [2.75, 3.05) is 7.05 Å². The van der Waals surface area contributed by atoms with Crippen LogP contribution in [0.1, 0.15) is 0 Å². The number of rotatable bonds is 0. The molecule has 0 aromatic rings. The van der Waals surface area contributed by atoms with Crippen molar-refractivity contribution in [1.29, 1.82) is 0 Å². The summed E-state index contributed by atoms with van der Waals surface area (Å²) in [5.41, 5.74) is 0. The summed E-state index contributed by atoms with van der Waals surface area (Å²) < 4.78 is 0. The molecule has 1 aliphatic heterocycles. The molecule has 1 rings (SSSR count). The molecular weight excluding hydrogens is 112 g/mol. The molecular formula is C2H4N4S+. The van der Waals surface area contributed by atoms with Crippen molar-refractivity contribution in [2.24, 2.45) is 15.5 Å². The zero-order valence-corrected chi connectivity index (χ0v) is 4.59. The van der Waals surface area contributed by atoms with Gasteiger partial charge in [0, 0.05) is 5.22 Å². The van der Waals surface area contributed by atoms with E-state index in [1.807, 2.05) is 0 Å². The lowest BCUT2D eigenvalue weighted by molar-refractivity contribution is -0.670. The first-order valence-electron chi connectivity index (χ1n) is 1.75. The van der Waals surface area contributed by atoms with Gasteiger partial charge in [-0.05, 0) is 0 Å². The molecule has 1 atom stereocenters. The smallest absolute Gasteiger partial charge is 0.0735 e. The van der Waals surface area contributed by atoms with Crippen molar-refractivity contribution in [3.63, 3.8) is 0 Å². The first kappa shape index (κ1) is 4.73. The van der Waals surface area contributed by atoms with Crippen LogP contribution < -0.4 is 0 Å². The fourth-order valence-electron chi connectivity index (χ4n) is 0.245. The van der Waals surface area contributed by atoms with Crippen LogP contribution in [0, 0.1) is 0 Å². The first-order valence-corrected chi connectivity index (χ1v) is 2.11. The van der Waals surface area contributed by atoms with Gasteiger partial charge in [-0.3, -0.25) is 0 Å². The van der Waals surface area contributed by atoms with E-state index in [1.165, 1.54) is 6.34 Å². The quantitative estimate of drug-likeness (QED) is 0.421. The average molecular weight is 116 g/mol. The third-order valence-corrected chi connectivity index (χ3v) is 0.702. The standard InChI is InChI=1S/C2H4N4S/c1-6(7)2-3-4-5-6/h2H,1H3/q+1. The first-order chi connectivity index (χ1) is 3.21. The van der Waals surface area contributed by atoms with Crippen LogP contribution in [0.25, 0.3) is 0 Å². The summed E-state index contributed by atoms with van der Waals surface area (Å²) in [6, 6.07) is 0. The van der Waals surface area contributed by atoms with Gasteiger partial charge in [0.1, 0.15) is 7.05 Å². The minimum Gasteiger partial charge on any atom is -0.0735 e. The number of hydrogen-bond donors (Lipinski definition) is 0. The van der Waals surface area contributed by atoms with E-state index in [1.54, 1.807) is 7.05 Å². The van der Waals surface area contributed by atoms with E-state index in [0.717, 1.165) is 0 Å². The Kier molecular flexibility index (Phi) is 0.862. The van der Waals surface area contributed by atoms with Gasteiger partial charge < -0.3 is 0 Å². The van der Waals surface area contributed by atoms with E-state index >= 15 is 0 Å². The van der Waals surface area contributed by atoms with Gasteiger partial charge in [-0.15, -0.1) is 0 Å². The molecule has 0 aliphatic carbocycles. The molecule has 1 heterocycles. The van der Waals surface area contributed by atoms with Gasteiger partial charge >= 0.3 is 0 Å². The van der Waals surface area contributed by atoms with Crippen LogP contribution >= 0.6 is 12.8 Å². The molecule has 0 saturated heterocycles. The monoisotopic (exact) mass is 116 g/mol. The molecule has 37 valence electrons. The minimum absolute atomic E-state index is 0. The maximum Gasteiger partial charge on any atom is 0.252 e. The molecule has 0 spiro atoms. The van der Waals surface area contributed by atoms with Crippen LogP contribution in [-0.2, 0) is 0 Å². The van der Waals surface area contributed by atoms with Crippen LogP contribution in [0.3, 0.4) is 0 Å². The van der Waals surface area contributed by atoms with E-state index in [0.29, 0.717) is 0 Å². The lowest BCUT2D eigenvalue weighted by Gasteiger charge is -1.99. The van der Waals surface area contributed by atoms with Crippen LogP contribution in [-0.4, -0.2) is 17.4 Å². The normalized spacial score (nSPS) is 37.4. The van der Waals surface area contributed by atoms with E-state index in [9.17, 15) is 0 Å². The van der Waals surface area contributed by atoms with Crippen LogP contribution in [0.15, 0.2) is 15.5 Å². The Morgan fingerprint density at radius 1 is 1.71 bits per heavy atom. The lowest BCUT2D eigenvalue weighted by Crippen LogP contribution is -2.20. The summed E-state index contributed by atoms with van der Waals surface area (Å²) >= 11 is 4.74. The Hall–Kier alpha value is -0.420. The summed E-state index contributed by atoms with van der Waals surface area (Å²) in [5.74, 6) is 0. The summed E-state index contributed by atoms with van der Waals surface area (Å²) in [7, 11) is 1.70. The van der Waals surface area contributed by atoms with Crippen molar-refractivity contribution in [1.82, 2.24) is 0 Å². The van der Waals surface area contributed by atoms with Gasteiger partial charge in [0.25, 0.3) is 19.2 Å². The second-order valence-corrected chi connectivity index (χ2v) is 2.09. The molecule has 0 N–H and O–H groups in total. The molecule has 5 heteroatoms. The molecule has 4 nitrogen and oxygen atoms in total. The maximum atomic E-state index is 4.74. The van der Waals surface area contributed by atoms with Gasteiger partial charge in [-0.25, -0.2) is 0 Å². The highest BCUT2D eigenvalue weighted by molar-refractivity contribution is 7.74. The van der Waals surface area contributed by atoms with Gasteiger partial charge in [-0.1, -0.05) is 9.10 Å². The Bertz CT molecular complexity index is 112. The molecule has 0 bridgehead atoms. The molecule has 1 unspecified atom stereocenters. The summed E-state index contributed by atoms with van der Waals surface area (Å²) in [6.07, 6.45) is 1.47. The number of nitrogens with zero attached hydrogens (tertiary/aromatic N) is 4. The van der Waals surface area contributed by atoms with E-state index in [2.05, 4.69) is 15.5 Å². The maximum absolute atomic E-state index is 4.74. The highest BCUT2D eigenvalue weighted by Crippen LogP contribution is 2.09. The Morgan fingerprint density at radius 2 is 2.43 bits per heavy atom. The van der Waals surface area contributed by atoms with Gasteiger partial charge in [-0.2, -0.15) is 0 Å². The largest absolute Gasteiger partial charge is 0.252 e. The third kappa shape index (κ3) is 0.971. The van der Waals surface area contributed by atoms with Crippen LogP contribution in [0.4, 0.5) is 0 Å².